The third kappa shape index (κ3) is 5.76. The van der Waals surface area contributed by atoms with Gasteiger partial charge in [0, 0.05) is 34.8 Å². The number of nitrogens with one attached hydrogen (secondary N) is 1. The van der Waals surface area contributed by atoms with Crippen molar-refractivity contribution in [3.8, 4) is 0 Å². The van der Waals surface area contributed by atoms with Crippen molar-refractivity contribution in [2.24, 2.45) is 5.92 Å². The number of nitrogens with zero attached hydrogens (tertiary/aromatic N) is 3. The first-order valence-corrected chi connectivity index (χ1v) is 9.43. The molecule has 0 saturated heterocycles. The van der Waals surface area contributed by atoms with E-state index in [0.29, 0.717) is 11.0 Å². The molecule has 0 atom stereocenters. The van der Waals surface area contributed by atoms with Gasteiger partial charge in [0.1, 0.15) is 11.0 Å². The van der Waals surface area contributed by atoms with E-state index in [1.807, 2.05) is 38.3 Å². The van der Waals surface area contributed by atoms with Gasteiger partial charge in [0.2, 0.25) is 5.91 Å². The van der Waals surface area contributed by atoms with E-state index in [0.717, 1.165) is 29.3 Å². The zero-order valence-corrected chi connectivity index (χ0v) is 16.1. The molecule has 0 spiro atoms. The van der Waals surface area contributed by atoms with Crippen LogP contribution in [0.25, 0.3) is 10.8 Å². The van der Waals surface area contributed by atoms with Crippen LogP contribution in [0.4, 0.5) is 5.82 Å². The summed E-state index contributed by atoms with van der Waals surface area (Å²) in [5.41, 5.74) is 0.838. The molecule has 3 heterocycles. The fourth-order valence-electron chi connectivity index (χ4n) is 2.09. The molecule has 1 amide bonds. The van der Waals surface area contributed by atoms with Gasteiger partial charge in [-0.1, -0.05) is 25.4 Å². The first-order valence-electron chi connectivity index (χ1n) is 8.21. The van der Waals surface area contributed by atoms with Gasteiger partial charge in [0.15, 0.2) is 0 Å². The molecule has 0 unspecified atom stereocenters. The van der Waals surface area contributed by atoms with Crippen LogP contribution in [0.3, 0.4) is 0 Å². The quantitative estimate of drug-likeness (QED) is 0.631. The molecule has 0 aliphatic heterocycles. The molecule has 25 heavy (non-hydrogen) atoms. The van der Waals surface area contributed by atoms with Gasteiger partial charge in [-0.15, -0.1) is 0 Å². The smallest absolute Gasteiger partial charge is 0.228 e. The fourth-order valence-corrected chi connectivity index (χ4v) is 2.69. The van der Waals surface area contributed by atoms with Crippen molar-refractivity contribution < 1.29 is 4.79 Å². The number of fused-ring (bicyclic) bond motifs is 1. The monoisotopic (exact) mass is 376 g/mol. The number of halogens is 1. The van der Waals surface area contributed by atoms with Crippen LogP contribution in [-0.4, -0.2) is 20.2 Å². The number of hydrogen-bond donors (Lipinski definition) is 1. The summed E-state index contributed by atoms with van der Waals surface area (Å²) in [4.78, 5) is 20.1. The molecule has 7 heteroatoms. The number of hydrogen-bond acceptors (Lipinski definition) is 5. The van der Waals surface area contributed by atoms with Crippen molar-refractivity contribution in [1.82, 2.24) is 14.3 Å². The third-order valence-corrected chi connectivity index (χ3v) is 4.14. The Morgan fingerprint density at radius 1 is 1.32 bits per heavy atom. The van der Waals surface area contributed by atoms with E-state index >= 15 is 0 Å². The van der Waals surface area contributed by atoms with Crippen molar-refractivity contribution in [2.75, 3.05) is 5.32 Å². The summed E-state index contributed by atoms with van der Waals surface area (Å²) in [5, 5.41) is 7.09. The topological polar surface area (TPSA) is 67.8 Å². The maximum absolute atomic E-state index is 11.7. The highest BCUT2D eigenvalue weighted by Crippen LogP contribution is 2.30. The summed E-state index contributed by atoms with van der Waals surface area (Å²) in [6.45, 7) is 5.89. The van der Waals surface area contributed by atoms with Gasteiger partial charge in [0.25, 0.3) is 0 Å². The molecule has 3 aromatic rings. The zero-order chi connectivity index (χ0) is 18.2. The molecular weight excluding hydrogens is 356 g/mol. The van der Waals surface area contributed by atoms with E-state index in [-0.39, 0.29) is 11.8 Å². The zero-order valence-electron chi connectivity index (χ0n) is 14.5. The second kappa shape index (κ2) is 9.44. The van der Waals surface area contributed by atoms with Crippen molar-refractivity contribution in [3.05, 3.63) is 46.8 Å². The molecule has 1 fully saturated rings. The highest BCUT2D eigenvalue weighted by Gasteiger charge is 2.29. The Balaban J connectivity index is 0.000000273. The summed E-state index contributed by atoms with van der Waals surface area (Å²) >= 11 is 7.39. The third-order valence-electron chi connectivity index (χ3n) is 3.42. The Kier molecular flexibility index (Phi) is 7.28. The largest absolute Gasteiger partial charge is 0.310 e. The van der Waals surface area contributed by atoms with Gasteiger partial charge in [-0.3, -0.25) is 4.79 Å². The fraction of sp³-hybridized carbons (Fsp3) is 0.333. The van der Waals surface area contributed by atoms with Crippen LogP contribution in [0.5, 0.6) is 0 Å². The molecule has 1 saturated carbocycles. The lowest BCUT2D eigenvalue weighted by Crippen LogP contribution is -2.14. The van der Waals surface area contributed by atoms with Crippen LogP contribution in [0.1, 0.15) is 32.4 Å². The lowest BCUT2D eigenvalue weighted by molar-refractivity contribution is -0.117. The average molecular weight is 377 g/mol. The van der Waals surface area contributed by atoms with Gasteiger partial charge >= 0.3 is 0 Å². The van der Waals surface area contributed by atoms with Crippen LogP contribution in [0, 0.1) is 12.8 Å². The number of anilines is 1. The summed E-state index contributed by atoms with van der Waals surface area (Å²) < 4.78 is 3.76. The minimum atomic E-state index is 0.0544. The Morgan fingerprint density at radius 3 is 2.64 bits per heavy atom. The molecule has 0 radical (unpaired) electrons. The summed E-state index contributed by atoms with van der Waals surface area (Å²) in [6.07, 6.45) is 5.45. The predicted molar refractivity (Wildman–Crippen MR) is 104 cm³/mol. The van der Waals surface area contributed by atoms with E-state index in [9.17, 15) is 4.79 Å². The lowest BCUT2D eigenvalue weighted by Gasteiger charge is -2.06. The number of rotatable bonds is 2. The van der Waals surface area contributed by atoms with Gasteiger partial charge in [0.05, 0.1) is 0 Å². The molecule has 1 aliphatic rings. The van der Waals surface area contributed by atoms with Crippen LogP contribution in [0.2, 0.25) is 5.15 Å². The summed E-state index contributed by atoms with van der Waals surface area (Å²) in [5.74, 6) is 0.796. The van der Waals surface area contributed by atoms with Gasteiger partial charge < -0.3 is 5.32 Å². The van der Waals surface area contributed by atoms with Crippen molar-refractivity contribution in [2.45, 2.75) is 33.6 Å². The second-order valence-electron chi connectivity index (χ2n) is 5.27. The SMILES string of the molecule is CC.Cc1nc(Cl)cc2cc(NC(=O)C3CC3)ncc12.c1cnsc1. The number of amides is 1. The van der Waals surface area contributed by atoms with Crippen molar-refractivity contribution >= 4 is 45.6 Å². The molecule has 5 nitrogen and oxygen atoms in total. The number of carbonyl (C=O) groups excluding carboxylic acids is 1. The van der Waals surface area contributed by atoms with Gasteiger partial charge in [-0.2, -0.15) is 0 Å². The van der Waals surface area contributed by atoms with Gasteiger partial charge in [-0.25, -0.2) is 14.3 Å². The molecule has 0 bridgehead atoms. The number of carbonyl (C=O) groups is 1. The summed E-state index contributed by atoms with van der Waals surface area (Å²) in [6, 6.07) is 5.51. The van der Waals surface area contributed by atoms with Crippen LogP contribution >= 0.6 is 23.1 Å². The Bertz CT molecular complexity index is 802. The van der Waals surface area contributed by atoms with Crippen molar-refractivity contribution in [1.29, 1.82) is 0 Å². The van der Waals surface area contributed by atoms with Crippen LogP contribution in [-0.2, 0) is 4.79 Å². The molecule has 132 valence electrons. The lowest BCUT2D eigenvalue weighted by atomic mass is 10.2. The molecule has 0 aromatic carbocycles. The Hall–Kier alpha value is -2.05. The van der Waals surface area contributed by atoms with Crippen molar-refractivity contribution in [3.63, 3.8) is 0 Å². The van der Waals surface area contributed by atoms with E-state index in [4.69, 9.17) is 11.6 Å². The minimum Gasteiger partial charge on any atom is -0.310 e. The normalized spacial score (nSPS) is 12.5. The maximum atomic E-state index is 11.7. The molecular formula is C18H21ClN4OS. The van der Waals surface area contributed by atoms with E-state index in [1.54, 1.807) is 18.5 Å². The molecule has 4 rings (SSSR count). The highest BCUT2D eigenvalue weighted by molar-refractivity contribution is 7.03. The molecule has 3 aromatic heterocycles. The summed E-state index contributed by atoms with van der Waals surface area (Å²) in [7, 11) is 0. The predicted octanol–water partition coefficient (Wildman–Crippen LogP) is 5.11. The molecule has 1 aliphatic carbocycles. The van der Waals surface area contributed by atoms with E-state index in [1.165, 1.54) is 11.5 Å². The van der Waals surface area contributed by atoms with Gasteiger partial charge in [-0.05, 0) is 54.9 Å². The Labute approximate surface area is 156 Å². The van der Waals surface area contributed by atoms with E-state index in [2.05, 4.69) is 19.7 Å². The van der Waals surface area contributed by atoms with Crippen LogP contribution < -0.4 is 5.32 Å². The number of aryl methyl sites for hydroxylation is 1. The standard InChI is InChI=1S/C13H12ClN3O.C3H3NS.C2H6/c1-7-10-6-15-12(17-13(18)8-2-3-8)5-9(10)4-11(14)16-7;1-2-4-5-3-1;1-2/h4-6,8H,2-3H2,1H3,(H,15,17,18);1-3H;1-2H3. The Morgan fingerprint density at radius 2 is 2.08 bits per heavy atom. The average Bonchev–Trinajstić information content (AvgIpc) is 3.28. The number of pyridine rings is 2. The number of aromatic nitrogens is 3. The van der Waals surface area contributed by atoms with Crippen LogP contribution in [0.15, 0.2) is 36.0 Å². The second-order valence-corrected chi connectivity index (χ2v) is 6.35. The maximum Gasteiger partial charge on any atom is 0.228 e. The first-order chi connectivity index (χ1) is 12.1. The minimum absolute atomic E-state index is 0.0544. The first kappa shape index (κ1) is 19.3. The molecule has 1 N–H and O–H groups in total. The highest BCUT2D eigenvalue weighted by atomic mass is 35.5. The van der Waals surface area contributed by atoms with E-state index < -0.39 is 0 Å².